The number of piperidine rings is 1. The number of likely N-dealkylation sites (tertiary alicyclic amines) is 1. The molecular weight excluding hydrogens is 262 g/mol. The summed E-state index contributed by atoms with van der Waals surface area (Å²) in [4.78, 5) is 15.3. The predicted octanol–water partition coefficient (Wildman–Crippen LogP) is 3.31. The Labute approximate surface area is 127 Å². The van der Waals surface area contributed by atoms with Crippen LogP contribution in [0.2, 0.25) is 0 Å². The fraction of sp³-hybridized carbons (Fsp3) is 0.611. The van der Waals surface area contributed by atoms with Gasteiger partial charge in [0.05, 0.1) is 12.2 Å². The van der Waals surface area contributed by atoms with Crippen molar-refractivity contribution in [1.82, 2.24) is 4.90 Å². The third-order valence-corrected chi connectivity index (χ3v) is 4.85. The van der Waals surface area contributed by atoms with Crippen LogP contribution in [-0.2, 0) is 0 Å². The summed E-state index contributed by atoms with van der Waals surface area (Å²) >= 11 is 0. The van der Waals surface area contributed by atoms with E-state index in [0.717, 1.165) is 48.8 Å². The highest BCUT2D eigenvalue weighted by Gasteiger charge is 2.29. The lowest BCUT2D eigenvalue weighted by Gasteiger charge is -2.32. The van der Waals surface area contributed by atoms with Gasteiger partial charge in [-0.3, -0.25) is 4.79 Å². The standard InChI is InChI=1S/C18H25NO2/c1-13-5-8-19(9-6-13)12-15-7-10-21-17-4-3-14(2)11-16(17)18(15)20/h3-4,11,13,15H,5-10,12H2,1-2H3. The van der Waals surface area contributed by atoms with E-state index in [9.17, 15) is 4.79 Å². The number of carbonyl (C=O) groups excluding carboxylic acids is 1. The largest absolute Gasteiger partial charge is 0.493 e. The van der Waals surface area contributed by atoms with Crippen LogP contribution in [0.15, 0.2) is 18.2 Å². The number of hydrogen-bond donors (Lipinski definition) is 0. The Hall–Kier alpha value is -1.35. The molecule has 1 aromatic rings. The summed E-state index contributed by atoms with van der Waals surface area (Å²) in [5, 5.41) is 0. The van der Waals surface area contributed by atoms with Crippen molar-refractivity contribution in [3.8, 4) is 5.75 Å². The van der Waals surface area contributed by atoms with Crippen molar-refractivity contribution >= 4 is 5.78 Å². The minimum absolute atomic E-state index is 0.0847. The SMILES string of the molecule is Cc1ccc2c(c1)C(=O)C(CN1CCC(C)CC1)CCO2. The summed E-state index contributed by atoms with van der Waals surface area (Å²) in [5.41, 5.74) is 1.90. The van der Waals surface area contributed by atoms with Crippen molar-refractivity contribution in [2.45, 2.75) is 33.1 Å². The predicted molar refractivity (Wildman–Crippen MR) is 83.9 cm³/mol. The zero-order valence-corrected chi connectivity index (χ0v) is 13.1. The highest BCUT2D eigenvalue weighted by atomic mass is 16.5. The molecule has 3 heteroatoms. The van der Waals surface area contributed by atoms with Crippen LogP contribution in [0.3, 0.4) is 0 Å². The maximum atomic E-state index is 12.8. The van der Waals surface area contributed by atoms with Crippen molar-refractivity contribution in [3.05, 3.63) is 29.3 Å². The molecule has 3 rings (SSSR count). The molecular formula is C18H25NO2. The molecule has 3 nitrogen and oxygen atoms in total. The fourth-order valence-corrected chi connectivity index (χ4v) is 3.35. The van der Waals surface area contributed by atoms with E-state index >= 15 is 0 Å². The van der Waals surface area contributed by atoms with Crippen molar-refractivity contribution in [2.24, 2.45) is 11.8 Å². The fourth-order valence-electron chi connectivity index (χ4n) is 3.35. The van der Waals surface area contributed by atoms with Gasteiger partial charge in [-0.15, -0.1) is 0 Å². The normalized spacial score (nSPS) is 24.3. The number of ketones is 1. The first-order chi connectivity index (χ1) is 10.1. The van der Waals surface area contributed by atoms with Gasteiger partial charge in [0.15, 0.2) is 5.78 Å². The number of benzene rings is 1. The molecule has 0 saturated carbocycles. The van der Waals surface area contributed by atoms with E-state index in [1.807, 2.05) is 25.1 Å². The van der Waals surface area contributed by atoms with Gasteiger partial charge in [0.1, 0.15) is 5.75 Å². The van der Waals surface area contributed by atoms with E-state index in [1.54, 1.807) is 0 Å². The second-order valence-corrected chi connectivity index (χ2v) is 6.68. The second kappa shape index (κ2) is 6.18. The molecule has 1 fully saturated rings. The van der Waals surface area contributed by atoms with Crippen LogP contribution in [0.1, 0.15) is 42.1 Å². The Morgan fingerprint density at radius 1 is 1.24 bits per heavy atom. The van der Waals surface area contributed by atoms with E-state index in [0.29, 0.717) is 6.61 Å². The number of ether oxygens (including phenoxy) is 1. The molecule has 2 heterocycles. The summed E-state index contributed by atoms with van der Waals surface area (Å²) in [6, 6.07) is 5.93. The molecule has 0 bridgehead atoms. The van der Waals surface area contributed by atoms with E-state index < -0.39 is 0 Å². The Morgan fingerprint density at radius 3 is 2.76 bits per heavy atom. The average Bonchev–Trinajstić information content (AvgIpc) is 2.62. The molecule has 0 aliphatic carbocycles. The first-order valence-corrected chi connectivity index (χ1v) is 8.13. The first kappa shape index (κ1) is 14.6. The Morgan fingerprint density at radius 2 is 2.00 bits per heavy atom. The van der Waals surface area contributed by atoms with Gasteiger partial charge in [-0.1, -0.05) is 18.6 Å². The van der Waals surface area contributed by atoms with Crippen LogP contribution in [0.25, 0.3) is 0 Å². The molecule has 0 spiro atoms. The van der Waals surface area contributed by atoms with Crippen LogP contribution >= 0.6 is 0 Å². The lowest BCUT2D eigenvalue weighted by molar-refractivity contribution is 0.0846. The third kappa shape index (κ3) is 3.29. The molecule has 0 aromatic heterocycles. The minimum atomic E-state index is 0.0847. The van der Waals surface area contributed by atoms with Gasteiger partial charge in [0.25, 0.3) is 0 Å². The summed E-state index contributed by atoms with van der Waals surface area (Å²) in [5.74, 6) is 1.95. The number of nitrogens with zero attached hydrogens (tertiary/aromatic N) is 1. The van der Waals surface area contributed by atoms with Crippen molar-refractivity contribution in [3.63, 3.8) is 0 Å². The van der Waals surface area contributed by atoms with Gasteiger partial charge in [0, 0.05) is 12.5 Å². The maximum Gasteiger partial charge on any atom is 0.171 e. The molecule has 2 aliphatic rings. The molecule has 1 atom stereocenters. The average molecular weight is 287 g/mol. The topological polar surface area (TPSA) is 29.5 Å². The molecule has 2 aliphatic heterocycles. The number of aryl methyl sites for hydroxylation is 1. The molecule has 1 saturated heterocycles. The quantitative estimate of drug-likeness (QED) is 0.836. The van der Waals surface area contributed by atoms with E-state index in [-0.39, 0.29) is 11.7 Å². The van der Waals surface area contributed by atoms with Gasteiger partial charge >= 0.3 is 0 Å². The lowest BCUT2D eigenvalue weighted by Crippen LogP contribution is -2.38. The zero-order valence-electron chi connectivity index (χ0n) is 13.1. The Balaban J connectivity index is 1.73. The number of hydrogen-bond acceptors (Lipinski definition) is 3. The summed E-state index contributed by atoms with van der Waals surface area (Å²) in [6.45, 7) is 8.15. The van der Waals surface area contributed by atoms with Crippen molar-refractivity contribution < 1.29 is 9.53 Å². The van der Waals surface area contributed by atoms with Gasteiger partial charge in [-0.25, -0.2) is 0 Å². The van der Waals surface area contributed by atoms with Crippen LogP contribution in [0.4, 0.5) is 0 Å². The Bertz CT molecular complexity index is 518. The lowest BCUT2D eigenvalue weighted by atomic mass is 9.92. The highest BCUT2D eigenvalue weighted by Crippen LogP contribution is 2.29. The molecule has 21 heavy (non-hydrogen) atoms. The minimum Gasteiger partial charge on any atom is -0.493 e. The number of fused-ring (bicyclic) bond motifs is 1. The molecule has 0 N–H and O–H groups in total. The van der Waals surface area contributed by atoms with E-state index in [1.165, 1.54) is 12.8 Å². The number of Topliss-reactive ketones (excluding diaryl/α,β-unsaturated/α-hetero) is 1. The van der Waals surface area contributed by atoms with Crippen LogP contribution in [-0.4, -0.2) is 36.9 Å². The van der Waals surface area contributed by atoms with Gasteiger partial charge < -0.3 is 9.64 Å². The monoisotopic (exact) mass is 287 g/mol. The molecule has 1 unspecified atom stereocenters. The summed E-state index contributed by atoms with van der Waals surface area (Å²) in [6.07, 6.45) is 3.35. The number of rotatable bonds is 2. The summed E-state index contributed by atoms with van der Waals surface area (Å²) < 4.78 is 5.77. The van der Waals surface area contributed by atoms with Crippen molar-refractivity contribution in [2.75, 3.05) is 26.2 Å². The highest BCUT2D eigenvalue weighted by molar-refractivity contribution is 6.00. The van der Waals surface area contributed by atoms with Crippen molar-refractivity contribution in [1.29, 1.82) is 0 Å². The molecule has 1 aromatic carbocycles. The van der Waals surface area contributed by atoms with Crippen LogP contribution < -0.4 is 4.74 Å². The first-order valence-electron chi connectivity index (χ1n) is 8.13. The zero-order chi connectivity index (χ0) is 14.8. The molecule has 0 amide bonds. The van der Waals surface area contributed by atoms with Crippen LogP contribution in [0, 0.1) is 18.8 Å². The third-order valence-electron chi connectivity index (χ3n) is 4.85. The second-order valence-electron chi connectivity index (χ2n) is 6.68. The molecule has 114 valence electrons. The Kier molecular flexibility index (Phi) is 4.29. The van der Waals surface area contributed by atoms with E-state index in [2.05, 4.69) is 11.8 Å². The van der Waals surface area contributed by atoms with Gasteiger partial charge in [0.2, 0.25) is 0 Å². The number of carbonyl (C=O) groups is 1. The van der Waals surface area contributed by atoms with Gasteiger partial charge in [-0.2, -0.15) is 0 Å². The maximum absolute atomic E-state index is 12.8. The smallest absolute Gasteiger partial charge is 0.171 e. The molecule has 0 radical (unpaired) electrons. The van der Waals surface area contributed by atoms with Gasteiger partial charge in [-0.05, 0) is 57.3 Å². The summed E-state index contributed by atoms with van der Waals surface area (Å²) in [7, 11) is 0. The van der Waals surface area contributed by atoms with Crippen LogP contribution in [0.5, 0.6) is 5.75 Å². The van der Waals surface area contributed by atoms with E-state index in [4.69, 9.17) is 4.74 Å².